The zero-order valence-electron chi connectivity index (χ0n) is 14.1. The number of amides is 4. The molecule has 2 heterocycles. The van der Waals surface area contributed by atoms with E-state index in [9.17, 15) is 14.4 Å². The van der Waals surface area contributed by atoms with E-state index in [2.05, 4.69) is 10.3 Å². The predicted octanol–water partition coefficient (Wildman–Crippen LogP) is 1.77. The molecule has 0 radical (unpaired) electrons. The Labute approximate surface area is 149 Å². The molecule has 0 bridgehead atoms. The SMILES string of the molecule is COc1cccc(/C=C2\C(=O)NC(=O)N(c3cccnc3)C2=O)c1OC. The van der Waals surface area contributed by atoms with Gasteiger partial charge in [0.15, 0.2) is 11.5 Å². The molecule has 0 unspecified atom stereocenters. The number of hydrogen-bond acceptors (Lipinski definition) is 6. The van der Waals surface area contributed by atoms with Crippen LogP contribution in [0.5, 0.6) is 11.5 Å². The normalized spacial score (nSPS) is 15.8. The largest absolute Gasteiger partial charge is 0.493 e. The van der Waals surface area contributed by atoms with E-state index in [1.165, 1.54) is 32.7 Å². The smallest absolute Gasteiger partial charge is 0.336 e. The van der Waals surface area contributed by atoms with Crippen molar-refractivity contribution >= 4 is 29.6 Å². The van der Waals surface area contributed by atoms with Crippen LogP contribution in [0.3, 0.4) is 0 Å². The van der Waals surface area contributed by atoms with Gasteiger partial charge in [-0.15, -0.1) is 0 Å². The number of barbiturate groups is 1. The van der Waals surface area contributed by atoms with Crippen LogP contribution in [0.1, 0.15) is 5.56 Å². The van der Waals surface area contributed by atoms with Crippen molar-refractivity contribution in [2.24, 2.45) is 0 Å². The van der Waals surface area contributed by atoms with Crippen molar-refractivity contribution in [2.75, 3.05) is 19.1 Å². The Kier molecular flexibility index (Phi) is 4.66. The summed E-state index contributed by atoms with van der Waals surface area (Å²) in [5.41, 5.74) is 0.511. The lowest BCUT2D eigenvalue weighted by Gasteiger charge is -2.26. The third-order valence-electron chi connectivity index (χ3n) is 3.74. The maximum atomic E-state index is 12.8. The van der Waals surface area contributed by atoms with Crippen LogP contribution in [0.25, 0.3) is 6.08 Å². The number of para-hydroxylation sites is 1. The van der Waals surface area contributed by atoms with Gasteiger partial charge in [-0.2, -0.15) is 0 Å². The zero-order chi connectivity index (χ0) is 18.7. The lowest BCUT2D eigenvalue weighted by Crippen LogP contribution is -2.54. The van der Waals surface area contributed by atoms with Crippen LogP contribution < -0.4 is 19.7 Å². The number of urea groups is 1. The molecule has 1 aromatic carbocycles. The number of pyridine rings is 1. The standard InChI is InChI=1S/C18H15N3O5/c1-25-14-7-3-5-11(15(14)26-2)9-13-16(22)20-18(24)21(17(13)23)12-6-4-8-19-10-12/h3-10H,1-2H3,(H,20,22,24)/b13-9+. The summed E-state index contributed by atoms with van der Waals surface area (Å²) < 4.78 is 10.5. The third kappa shape index (κ3) is 3.00. The highest BCUT2D eigenvalue weighted by Gasteiger charge is 2.37. The van der Waals surface area contributed by atoms with E-state index in [1.54, 1.807) is 30.3 Å². The first kappa shape index (κ1) is 17.2. The van der Waals surface area contributed by atoms with Crippen LogP contribution >= 0.6 is 0 Å². The highest BCUT2D eigenvalue weighted by Crippen LogP contribution is 2.33. The topological polar surface area (TPSA) is 97.8 Å². The van der Waals surface area contributed by atoms with Gasteiger partial charge in [0.05, 0.1) is 26.1 Å². The summed E-state index contributed by atoms with van der Waals surface area (Å²) in [6, 6.07) is 7.35. The van der Waals surface area contributed by atoms with Gasteiger partial charge in [0.1, 0.15) is 5.57 Å². The minimum atomic E-state index is -0.831. The second kappa shape index (κ2) is 7.06. The fourth-order valence-electron chi connectivity index (χ4n) is 2.56. The number of benzene rings is 1. The number of carbonyl (C=O) groups excluding carboxylic acids is 3. The molecule has 1 saturated heterocycles. The first-order valence-corrected chi connectivity index (χ1v) is 7.59. The summed E-state index contributed by atoms with van der Waals surface area (Å²) in [6.07, 6.45) is 4.23. The van der Waals surface area contributed by atoms with Crippen molar-refractivity contribution in [1.82, 2.24) is 10.3 Å². The van der Waals surface area contributed by atoms with Gasteiger partial charge in [0.2, 0.25) is 0 Å². The number of hydrogen-bond donors (Lipinski definition) is 1. The second-order valence-electron chi connectivity index (χ2n) is 5.25. The molecule has 1 aliphatic rings. The Balaban J connectivity index is 2.07. The van der Waals surface area contributed by atoms with Crippen LogP contribution in [0.2, 0.25) is 0 Å². The Morgan fingerprint density at radius 2 is 1.88 bits per heavy atom. The van der Waals surface area contributed by atoms with Crippen LogP contribution in [0, 0.1) is 0 Å². The molecule has 0 saturated carbocycles. The quantitative estimate of drug-likeness (QED) is 0.664. The molecule has 8 nitrogen and oxygen atoms in total. The number of nitrogens with one attached hydrogen (secondary N) is 1. The molecule has 1 aromatic heterocycles. The van der Waals surface area contributed by atoms with Crippen LogP contribution in [-0.2, 0) is 9.59 Å². The van der Waals surface area contributed by atoms with Gasteiger partial charge < -0.3 is 9.47 Å². The minimum Gasteiger partial charge on any atom is -0.493 e. The summed E-state index contributed by atoms with van der Waals surface area (Å²) >= 11 is 0. The third-order valence-corrected chi connectivity index (χ3v) is 3.74. The van der Waals surface area contributed by atoms with Crippen molar-refractivity contribution in [3.8, 4) is 11.5 Å². The highest BCUT2D eigenvalue weighted by atomic mass is 16.5. The lowest BCUT2D eigenvalue weighted by atomic mass is 10.1. The molecule has 132 valence electrons. The maximum absolute atomic E-state index is 12.8. The van der Waals surface area contributed by atoms with E-state index >= 15 is 0 Å². The first-order chi connectivity index (χ1) is 12.6. The van der Waals surface area contributed by atoms with Gasteiger partial charge in [-0.25, -0.2) is 9.69 Å². The van der Waals surface area contributed by atoms with Crippen molar-refractivity contribution in [1.29, 1.82) is 0 Å². The number of imide groups is 2. The van der Waals surface area contributed by atoms with Gasteiger partial charge in [-0.1, -0.05) is 12.1 Å². The Morgan fingerprint density at radius 3 is 2.54 bits per heavy atom. The summed E-state index contributed by atoms with van der Waals surface area (Å²) in [5, 5.41) is 2.15. The average molecular weight is 353 g/mol. The fraction of sp³-hybridized carbons (Fsp3) is 0.111. The van der Waals surface area contributed by atoms with Crippen molar-refractivity contribution < 1.29 is 23.9 Å². The first-order valence-electron chi connectivity index (χ1n) is 7.59. The van der Waals surface area contributed by atoms with Gasteiger partial charge in [0, 0.05) is 11.8 Å². The number of rotatable bonds is 4. The molecule has 1 N–H and O–H groups in total. The molecular formula is C18H15N3O5. The molecule has 1 aliphatic heterocycles. The molecule has 1 fully saturated rings. The minimum absolute atomic E-state index is 0.208. The van der Waals surface area contributed by atoms with E-state index in [4.69, 9.17) is 9.47 Å². The number of nitrogens with zero attached hydrogens (tertiary/aromatic N) is 2. The Morgan fingerprint density at radius 1 is 1.08 bits per heavy atom. The summed E-state index contributed by atoms with van der Waals surface area (Å²) in [5.74, 6) is -0.722. The van der Waals surface area contributed by atoms with E-state index in [0.29, 0.717) is 17.1 Å². The van der Waals surface area contributed by atoms with E-state index < -0.39 is 17.8 Å². The van der Waals surface area contributed by atoms with Crippen molar-refractivity contribution in [3.05, 3.63) is 53.9 Å². The lowest BCUT2D eigenvalue weighted by molar-refractivity contribution is -0.122. The molecular weight excluding hydrogens is 338 g/mol. The van der Waals surface area contributed by atoms with Gasteiger partial charge >= 0.3 is 6.03 Å². The molecule has 3 rings (SSSR count). The summed E-state index contributed by atoms with van der Waals surface area (Å²) in [4.78, 5) is 41.9. The number of carbonyl (C=O) groups is 3. The zero-order valence-corrected chi connectivity index (χ0v) is 14.1. The van der Waals surface area contributed by atoms with E-state index in [-0.39, 0.29) is 11.3 Å². The molecule has 0 aliphatic carbocycles. The van der Waals surface area contributed by atoms with Gasteiger partial charge in [-0.3, -0.25) is 19.9 Å². The Hall–Kier alpha value is -3.68. The molecule has 26 heavy (non-hydrogen) atoms. The van der Waals surface area contributed by atoms with E-state index in [0.717, 1.165) is 4.90 Å². The number of aromatic nitrogens is 1. The molecule has 8 heteroatoms. The van der Waals surface area contributed by atoms with Gasteiger partial charge in [0.25, 0.3) is 11.8 Å². The van der Waals surface area contributed by atoms with Crippen molar-refractivity contribution in [2.45, 2.75) is 0 Å². The predicted molar refractivity (Wildman–Crippen MR) is 92.8 cm³/mol. The number of methoxy groups -OCH3 is 2. The highest BCUT2D eigenvalue weighted by molar-refractivity contribution is 6.39. The monoisotopic (exact) mass is 353 g/mol. The molecule has 0 spiro atoms. The fourth-order valence-corrected chi connectivity index (χ4v) is 2.56. The molecule has 2 aromatic rings. The van der Waals surface area contributed by atoms with Crippen LogP contribution in [0.15, 0.2) is 48.3 Å². The number of anilines is 1. The van der Waals surface area contributed by atoms with Crippen molar-refractivity contribution in [3.63, 3.8) is 0 Å². The Bertz CT molecular complexity index is 908. The second-order valence-corrected chi connectivity index (χ2v) is 5.25. The molecule has 0 atom stereocenters. The van der Waals surface area contributed by atoms with Crippen LogP contribution in [-0.4, -0.2) is 37.0 Å². The van der Waals surface area contributed by atoms with Gasteiger partial charge in [-0.05, 0) is 24.3 Å². The molecule has 4 amide bonds. The summed E-state index contributed by atoms with van der Waals surface area (Å²) in [6.45, 7) is 0. The van der Waals surface area contributed by atoms with Crippen LogP contribution in [0.4, 0.5) is 10.5 Å². The summed E-state index contributed by atoms with van der Waals surface area (Å²) in [7, 11) is 2.93. The van der Waals surface area contributed by atoms with E-state index in [1.807, 2.05) is 0 Å². The average Bonchev–Trinajstić information content (AvgIpc) is 2.65. The number of ether oxygens (including phenoxy) is 2. The maximum Gasteiger partial charge on any atom is 0.336 e.